The van der Waals surface area contributed by atoms with Crippen molar-refractivity contribution in [3.63, 3.8) is 0 Å². The third kappa shape index (κ3) is 4.88. The summed E-state index contributed by atoms with van der Waals surface area (Å²) in [7, 11) is 0. The quantitative estimate of drug-likeness (QED) is 0.411. The predicted molar refractivity (Wildman–Crippen MR) is 111 cm³/mol. The highest BCUT2D eigenvalue weighted by Gasteiger charge is 2.29. The summed E-state index contributed by atoms with van der Waals surface area (Å²) in [4.78, 5) is 12.8. The minimum Gasteiger partial charge on any atom is -0.508 e. The second-order valence-corrected chi connectivity index (χ2v) is 7.26. The zero-order valence-electron chi connectivity index (χ0n) is 16.1. The molecule has 2 heterocycles. The Morgan fingerprint density at radius 2 is 1.65 bits per heavy atom. The van der Waals surface area contributed by atoms with Crippen LogP contribution in [0.15, 0.2) is 54.9 Å². The second-order valence-electron chi connectivity index (χ2n) is 6.92. The number of nitrogens with one attached hydrogen (secondary N) is 1. The molecule has 6 nitrogen and oxygen atoms in total. The third-order valence-corrected chi connectivity index (χ3v) is 4.88. The summed E-state index contributed by atoms with van der Waals surface area (Å²) in [5.74, 6) is 0.680. The summed E-state index contributed by atoms with van der Waals surface area (Å²) in [5, 5.41) is 12.6. The number of benzene rings is 2. The summed E-state index contributed by atoms with van der Waals surface area (Å²) in [6, 6.07) is 11.9. The van der Waals surface area contributed by atoms with Gasteiger partial charge in [-0.05, 0) is 53.4 Å². The zero-order valence-corrected chi connectivity index (χ0v) is 16.8. The number of anilines is 1. The molecule has 0 aliphatic heterocycles. The number of fused-ring (bicyclic) bond motifs is 1. The van der Waals surface area contributed by atoms with Crippen molar-refractivity contribution in [1.29, 1.82) is 0 Å². The number of hydrogen-bond acceptors (Lipinski definition) is 5. The van der Waals surface area contributed by atoms with Crippen LogP contribution in [0.3, 0.4) is 0 Å². The first-order valence-electron chi connectivity index (χ1n) is 9.36. The lowest BCUT2D eigenvalue weighted by Gasteiger charge is -2.09. The molecular weight excluding hydrogens is 431 g/mol. The van der Waals surface area contributed by atoms with E-state index in [-0.39, 0.29) is 17.6 Å². The molecule has 31 heavy (non-hydrogen) atoms. The van der Waals surface area contributed by atoms with Crippen molar-refractivity contribution in [2.24, 2.45) is 0 Å². The van der Waals surface area contributed by atoms with Gasteiger partial charge in [-0.25, -0.2) is 4.98 Å². The lowest BCUT2D eigenvalue weighted by molar-refractivity contribution is -0.137. The summed E-state index contributed by atoms with van der Waals surface area (Å²) in [5.41, 5.74) is 2.00. The Kier molecular flexibility index (Phi) is 5.69. The number of alkyl halides is 3. The molecule has 2 N–H and O–H groups in total. The Bertz CT molecular complexity index is 1190. The number of nitrogens with zero attached hydrogens (tertiary/aromatic N) is 4. The van der Waals surface area contributed by atoms with Gasteiger partial charge in [0.1, 0.15) is 5.75 Å². The molecule has 4 rings (SSSR count). The maximum atomic E-state index is 12.8. The summed E-state index contributed by atoms with van der Waals surface area (Å²) in [6.45, 7) is 0.841. The smallest absolute Gasteiger partial charge is 0.416 e. The Balaban J connectivity index is 1.51. The average molecular weight is 448 g/mol. The van der Waals surface area contributed by atoms with Gasteiger partial charge in [0.2, 0.25) is 5.28 Å². The monoisotopic (exact) mass is 447 g/mol. The van der Waals surface area contributed by atoms with Crippen LogP contribution in [0.2, 0.25) is 5.28 Å². The Morgan fingerprint density at radius 1 is 0.968 bits per heavy atom. The van der Waals surface area contributed by atoms with Crippen LogP contribution < -0.4 is 5.32 Å². The van der Waals surface area contributed by atoms with Crippen molar-refractivity contribution in [3.8, 4) is 5.75 Å². The molecule has 0 aliphatic carbocycles. The van der Waals surface area contributed by atoms with Crippen LogP contribution in [0.1, 0.15) is 16.7 Å². The molecule has 0 radical (unpaired) electrons. The van der Waals surface area contributed by atoms with Gasteiger partial charge in [-0.15, -0.1) is 0 Å². The maximum absolute atomic E-state index is 12.8. The fraction of sp³-hybridized carbons (Fsp3) is 0.190. The minimum absolute atomic E-state index is 0.0359. The van der Waals surface area contributed by atoms with Gasteiger partial charge in [0.15, 0.2) is 17.0 Å². The van der Waals surface area contributed by atoms with Crippen LogP contribution >= 0.6 is 11.6 Å². The van der Waals surface area contributed by atoms with Crippen LogP contribution in [0, 0.1) is 0 Å². The van der Waals surface area contributed by atoms with Crippen LogP contribution in [-0.4, -0.2) is 31.2 Å². The standard InChI is InChI=1S/C21H17ClF3N5O/c22-20-28-18(26-10-9-13-3-7-16(31)8-4-13)17-19(29-20)30(12-27-17)11-14-1-5-15(6-2-14)21(23,24)25/h1-8,12,31H,9-11H2,(H,26,28,29). The van der Waals surface area contributed by atoms with Crippen LogP contribution in [0.4, 0.5) is 19.0 Å². The van der Waals surface area contributed by atoms with E-state index in [4.69, 9.17) is 11.6 Å². The molecule has 0 aliphatic rings. The molecule has 0 atom stereocenters. The van der Waals surface area contributed by atoms with E-state index in [1.54, 1.807) is 23.0 Å². The fourth-order valence-electron chi connectivity index (χ4n) is 3.14. The molecule has 0 bridgehead atoms. The van der Waals surface area contributed by atoms with Crippen LogP contribution in [-0.2, 0) is 19.1 Å². The van der Waals surface area contributed by atoms with E-state index < -0.39 is 11.7 Å². The first kappa shape index (κ1) is 20.9. The number of aromatic nitrogens is 4. The highest BCUT2D eigenvalue weighted by molar-refractivity contribution is 6.28. The van der Waals surface area contributed by atoms with E-state index in [1.165, 1.54) is 12.1 Å². The SMILES string of the molecule is Oc1ccc(CCNc2nc(Cl)nc3c2ncn3Cc2ccc(C(F)(F)F)cc2)cc1. The molecule has 0 saturated heterocycles. The van der Waals surface area contributed by atoms with Crippen molar-refractivity contribution < 1.29 is 18.3 Å². The van der Waals surface area contributed by atoms with Crippen LogP contribution in [0.5, 0.6) is 5.75 Å². The number of rotatable bonds is 6. The molecular formula is C21H17ClF3N5O. The third-order valence-electron chi connectivity index (χ3n) is 4.71. The lowest BCUT2D eigenvalue weighted by atomic mass is 10.1. The van der Waals surface area contributed by atoms with E-state index in [9.17, 15) is 18.3 Å². The second kappa shape index (κ2) is 8.43. The van der Waals surface area contributed by atoms with E-state index in [0.29, 0.717) is 35.5 Å². The predicted octanol–water partition coefficient (Wildman–Crippen LogP) is 4.91. The maximum Gasteiger partial charge on any atom is 0.416 e. The number of imidazole rings is 1. The van der Waals surface area contributed by atoms with Gasteiger partial charge < -0.3 is 15.0 Å². The highest BCUT2D eigenvalue weighted by Crippen LogP contribution is 2.29. The van der Waals surface area contributed by atoms with Gasteiger partial charge in [0.05, 0.1) is 18.4 Å². The van der Waals surface area contributed by atoms with Gasteiger partial charge >= 0.3 is 6.18 Å². The molecule has 4 aromatic rings. The van der Waals surface area contributed by atoms with E-state index >= 15 is 0 Å². The average Bonchev–Trinajstić information content (AvgIpc) is 3.12. The van der Waals surface area contributed by atoms with E-state index in [1.807, 2.05) is 12.1 Å². The molecule has 2 aromatic heterocycles. The molecule has 160 valence electrons. The molecule has 2 aromatic carbocycles. The van der Waals surface area contributed by atoms with Gasteiger partial charge in [-0.1, -0.05) is 24.3 Å². The Labute approximate surface area is 180 Å². The first-order valence-corrected chi connectivity index (χ1v) is 9.74. The van der Waals surface area contributed by atoms with Gasteiger partial charge in [-0.2, -0.15) is 23.1 Å². The Morgan fingerprint density at radius 3 is 2.32 bits per heavy atom. The Hall–Kier alpha value is -3.33. The number of phenolic OH excluding ortho intramolecular Hbond substituents is 1. The lowest BCUT2D eigenvalue weighted by Crippen LogP contribution is -2.08. The largest absolute Gasteiger partial charge is 0.508 e. The number of aromatic hydroxyl groups is 1. The van der Waals surface area contributed by atoms with Crippen LogP contribution in [0.25, 0.3) is 11.2 Å². The minimum atomic E-state index is -4.37. The summed E-state index contributed by atoms with van der Waals surface area (Å²) in [6.07, 6.45) is -2.13. The normalized spacial score (nSPS) is 11.7. The zero-order chi connectivity index (χ0) is 22.0. The molecule has 0 spiro atoms. The number of halogens is 4. The van der Waals surface area contributed by atoms with Gasteiger partial charge in [-0.3, -0.25) is 0 Å². The van der Waals surface area contributed by atoms with Crippen molar-refractivity contribution in [2.75, 3.05) is 11.9 Å². The van der Waals surface area contributed by atoms with Gasteiger partial charge in [0.25, 0.3) is 0 Å². The van der Waals surface area contributed by atoms with E-state index in [0.717, 1.165) is 17.7 Å². The molecule has 0 unspecified atom stereocenters. The fourth-order valence-corrected chi connectivity index (χ4v) is 3.30. The molecule has 0 fully saturated rings. The molecule has 10 heteroatoms. The number of phenols is 1. The summed E-state index contributed by atoms with van der Waals surface area (Å²) >= 11 is 6.08. The topological polar surface area (TPSA) is 75.9 Å². The molecule has 0 saturated carbocycles. The highest BCUT2D eigenvalue weighted by atomic mass is 35.5. The van der Waals surface area contributed by atoms with Crippen molar-refractivity contribution >= 4 is 28.6 Å². The summed E-state index contributed by atoms with van der Waals surface area (Å²) < 4.78 is 40.0. The number of hydrogen-bond donors (Lipinski definition) is 2. The van der Waals surface area contributed by atoms with Crippen molar-refractivity contribution in [2.45, 2.75) is 19.1 Å². The van der Waals surface area contributed by atoms with Crippen molar-refractivity contribution in [3.05, 3.63) is 76.8 Å². The molecule has 0 amide bonds. The van der Waals surface area contributed by atoms with Gasteiger partial charge in [0, 0.05) is 6.54 Å². The first-order chi connectivity index (χ1) is 14.8. The van der Waals surface area contributed by atoms with E-state index in [2.05, 4.69) is 20.3 Å². The van der Waals surface area contributed by atoms with Crippen molar-refractivity contribution in [1.82, 2.24) is 19.5 Å².